The summed E-state index contributed by atoms with van der Waals surface area (Å²) in [6.07, 6.45) is 4.30. The molecule has 0 saturated carbocycles. The summed E-state index contributed by atoms with van der Waals surface area (Å²) in [6.45, 7) is 3.34. The third kappa shape index (κ3) is 4.23. The van der Waals surface area contributed by atoms with Crippen molar-refractivity contribution in [1.82, 2.24) is 9.88 Å². The van der Waals surface area contributed by atoms with E-state index in [9.17, 15) is 9.18 Å². The van der Waals surface area contributed by atoms with E-state index in [1.54, 1.807) is 31.3 Å². The summed E-state index contributed by atoms with van der Waals surface area (Å²) in [5.41, 5.74) is 1.97. The molecule has 1 atom stereocenters. The number of fused-ring (bicyclic) bond motifs is 1. The van der Waals surface area contributed by atoms with E-state index >= 15 is 0 Å². The Balaban J connectivity index is 1.62. The molecule has 1 aliphatic heterocycles. The molecule has 1 amide bonds. The first-order valence-corrected chi connectivity index (χ1v) is 10.7. The molecule has 3 aromatic rings. The summed E-state index contributed by atoms with van der Waals surface area (Å²) < 4.78 is 19.5. The summed E-state index contributed by atoms with van der Waals surface area (Å²) in [4.78, 5) is 18.9. The van der Waals surface area contributed by atoms with Gasteiger partial charge in [-0.1, -0.05) is 23.2 Å². The third-order valence-electron chi connectivity index (χ3n) is 5.32. The highest BCUT2D eigenvalue weighted by molar-refractivity contribution is 6.39. The van der Waals surface area contributed by atoms with Crippen molar-refractivity contribution >= 4 is 40.0 Å². The van der Waals surface area contributed by atoms with E-state index in [0.717, 1.165) is 36.9 Å². The first-order chi connectivity index (χ1) is 14.4. The number of halogens is 3. The molecule has 156 valence electrons. The van der Waals surface area contributed by atoms with Crippen LogP contribution in [0.1, 0.15) is 26.2 Å². The monoisotopic (exact) mass is 446 g/mol. The SMILES string of the molecule is CC(Oc1ccc2c(-c3c(Cl)cc(F)cc3Cl)ccnc2c1)C(=O)N1CCCCC1. The second kappa shape index (κ2) is 8.78. The van der Waals surface area contributed by atoms with Gasteiger partial charge in [0.1, 0.15) is 11.6 Å². The van der Waals surface area contributed by atoms with Gasteiger partial charge in [0.2, 0.25) is 0 Å². The van der Waals surface area contributed by atoms with Crippen LogP contribution >= 0.6 is 23.2 Å². The highest BCUT2D eigenvalue weighted by atomic mass is 35.5. The minimum absolute atomic E-state index is 0.00128. The topological polar surface area (TPSA) is 42.4 Å². The molecule has 2 aromatic carbocycles. The Bertz CT molecular complexity index is 1080. The van der Waals surface area contributed by atoms with Crippen LogP contribution in [0.25, 0.3) is 22.0 Å². The molecule has 1 saturated heterocycles. The number of hydrogen-bond acceptors (Lipinski definition) is 3. The highest BCUT2D eigenvalue weighted by Crippen LogP contribution is 2.39. The predicted molar refractivity (Wildman–Crippen MR) is 118 cm³/mol. The second-order valence-corrected chi connectivity index (χ2v) is 8.24. The smallest absolute Gasteiger partial charge is 0.263 e. The van der Waals surface area contributed by atoms with Gasteiger partial charge in [-0.25, -0.2) is 4.39 Å². The quantitative estimate of drug-likeness (QED) is 0.484. The Morgan fingerprint density at radius 1 is 1.10 bits per heavy atom. The average molecular weight is 447 g/mol. The van der Waals surface area contributed by atoms with E-state index in [1.807, 2.05) is 11.0 Å². The van der Waals surface area contributed by atoms with Gasteiger partial charge in [0, 0.05) is 36.3 Å². The molecule has 0 aliphatic carbocycles. The van der Waals surface area contributed by atoms with Crippen LogP contribution in [0.15, 0.2) is 42.6 Å². The Kier molecular flexibility index (Phi) is 6.11. The summed E-state index contributed by atoms with van der Waals surface area (Å²) >= 11 is 12.5. The maximum atomic E-state index is 13.6. The van der Waals surface area contributed by atoms with Crippen LogP contribution in [0.3, 0.4) is 0 Å². The van der Waals surface area contributed by atoms with Crippen molar-refractivity contribution in [3.63, 3.8) is 0 Å². The zero-order valence-corrected chi connectivity index (χ0v) is 18.0. The van der Waals surface area contributed by atoms with Crippen LogP contribution in [0, 0.1) is 5.82 Å². The van der Waals surface area contributed by atoms with Gasteiger partial charge in [0.15, 0.2) is 6.10 Å². The molecule has 1 fully saturated rings. The number of pyridine rings is 1. The van der Waals surface area contributed by atoms with E-state index in [2.05, 4.69) is 4.98 Å². The van der Waals surface area contributed by atoms with Crippen molar-refractivity contribution in [2.24, 2.45) is 0 Å². The molecule has 0 radical (unpaired) electrons. The van der Waals surface area contributed by atoms with Gasteiger partial charge in [-0.3, -0.25) is 9.78 Å². The van der Waals surface area contributed by atoms with Gasteiger partial charge < -0.3 is 9.64 Å². The Labute approximate surface area is 184 Å². The lowest BCUT2D eigenvalue weighted by Crippen LogP contribution is -2.43. The fraction of sp³-hybridized carbons (Fsp3) is 0.304. The Morgan fingerprint density at radius 2 is 1.80 bits per heavy atom. The third-order valence-corrected chi connectivity index (χ3v) is 5.91. The number of nitrogens with zero attached hydrogens (tertiary/aromatic N) is 2. The predicted octanol–water partition coefficient (Wildman–Crippen LogP) is 6.13. The maximum absolute atomic E-state index is 13.6. The van der Waals surface area contributed by atoms with E-state index in [0.29, 0.717) is 16.8 Å². The number of amides is 1. The van der Waals surface area contributed by atoms with Gasteiger partial charge in [-0.2, -0.15) is 0 Å². The van der Waals surface area contributed by atoms with Crippen molar-refractivity contribution in [2.45, 2.75) is 32.3 Å². The minimum atomic E-state index is -0.579. The maximum Gasteiger partial charge on any atom is 0.263 e. The fourth-order valence-electron chi connectivity index (χ4n) is 3.84. The summed E-state index contributed by atoms with van der Waals surface area (Å²) in [5, 5.41) is 1.26. The van der Waals surface area contributed by atoms with Crippen molar-refractivity contribution in [1.29, 1.82) is 0 Å². The van der Waals surface area contributed by atoms with Crippen molar-refractivity contribution < 1.29 is 13.9 Å². The number of carbonyl (C=O) groups is 1. The lowest BCUT2D eigenvalue weighted by atomic mass is 10.0. The molecular formula is C23H21Cl2FN2O2. The molecule has 1 aliphatic rings. The number of aromatic nitrogens is 1. The van der Waals surface area contributed by atoms with Crippen LogP contribution in [0.5, 0.6) is 5.75 Å². The average Bonchev–Trinajstić information content (AvgIpc) is 2.73. The van der Waals surface area contributed by atoms with E-state index in [1.165, 1.54) is 18.6 Å². The zero-order valence-electron chi connectivity index (χ0n) is 16.5. The van der Waals surface area contributed by atoms with Crippen LogP contribution in [-0.4, -0.2) is 35.0 Å². The first kappa shape index (κ1) is 20.9. The number of likely N-dealkylation sites (tertiary alicyclic amines) is 1. The van der Waals surface area contributed by atoms with Crippen LogP contribution in [0.4, 0.5) is 4.39 Å². The molecule has 4 rings (SSSR count). The number of carbonyl (C=O) groups excluding carboxylic acids is 1. The molecular weight excluding hydrogens is 426 g/mol. The van der Waals surface area contributed by atoms with E-state index in [4.69, 9.17) is 27.9 Å². The second-order valence-electron chi connectivity index (χ2n) is 7.43. The Hall–Kier alpha value is -2.37. The lowest BCUT2D eigenvalue weighted by Gasteiger charge is -2.29. The normalized spacial score (nSPS) is 15.3. The largest absolute Gasteiger partial charge is 0.481 e. The number of ether oxygens (including phenoxy) is 1. The molecule has 1 aromatic heterocycles. The fourth-order valence-corrected chi connectivity index (χ4v) is 4.51. The number of benzene rings is 2. The summed E-state index contributed by atoms with van der Waals surface area (Å²) in [6, 6.07) is 9.68. The van der Waals surface area contributed by atoms with Crippen LogP contribution in [-0.2, 0) is 4.79 Å². The first-order valence-electron chi connectivity index (χ1n) is 9.93. The highest BCUT2D eigenvalue weighted by Gasteiger charge is 2.23. The lowest BCUT2D eigenvalue weighted by molar-refractivity contribution is -0.138. The number of hydrogen-bond donors (Lipinski definition) is 0. The van der Waals surface area contributed by atoms with Crippen molar-refractivity contribution in [2.75, 3.05) is 13.1 Å². The molecule has 4 nitrogen and oxygen atoms in total. The van der Waals surface area contributed by atoms with Gasteiger partial charge in [-0.15, -0.1) is 0 Å². The van der Waals surface area contributed by atoms with E-state index in [-0.39, 0.29) is 16.0 Å². The van der Waals surface area contributed by atoms with E-state index < -0.39 is 11.9 Å². The minimum Gasteiger partial charge on any atom is -0.481 e. The number of piperidine rings is 1. The molecule has 0 bridgehead atoms. The van der Waals surface area contributed by atoms with Gasteiger partial charge in [-0.05, 0) is 62.1 Å². The summed E-state index contributed by atoms with van der Waals surface area (Å²) in [7, 11) is 0. The molecule has 0 N–H and O–H groups in total. The molecule has 7 heteroatoms. The molecule has 1 unspecified atom stereocenters. The molecule has 30 heavy (non-hydrogen) atoms. The van der Waals surface area contributed by atoms with Crippen molar-refractivity contribution in [3.8, 4) is 16.9 Å². The van der Waals surface area contributed by atoms with Gasteiger partial charge in [0.25, 0.3) is 5.91 Å². The number of rotatable bonds is 4. The van der Waals surface area contributed by atoms with Gasteiger partial charge >= 0.3 is 0 Å². The summed E-state index contributed by atoms with van der Waals surface area (Å²) in [5.74, 6) is 0.0675. The zero-order chi connectivity index (χ0) is 21.3. The standard InChI is InChI=1S/C23H21Cl2FN2O2/c1-14(23(29)28-9-3-2-4-10-28)30-16-5-6-17-18(7-8-27-21(17)13-16)22-19(24)11-15(26)12-20(22)25/h5-8,11-14H,2-4,9-10H2,1H3. The van der Waals surface area contributed by atoms with Crippen LogP contribution in [0.2, 0.25) is 10.0 Å². The van der Waals surface area contributed by atoms with Gasteiger partial charge in [0.05, 0.1) is 15.6 Å². The Morgan fingerprint density at radius 3 is 2.50 bits per heavy atom. The van der Waals surface area contributed by atoms with Crippen molar-refractivity contribution in [3.05, 3.63) is 58.5 Å². The van der Waals surface area contributed by atoms with Crippen LogP contribution < -0.4 is 4.74 Å². The molecule has 2 heterocycles. The molecule has 0 spiro atoms.